The fourth-order valence-electron chi connectivity index (χ4n) is 3.43. The van der Waals surface area contributed by atoms with Crippen LogP contribution >= 0.6 is 11.6 Å². The molecule has 0 N–H and O–H groups in total. The van der Waals surface area contributed by atoms with Gasteiger partial charge in [0.25, 0.3) is 0 Å². The normalized spacial score (nSPS) is 25.2. The predicted molar refractivity (Wildman–Crippen MR) is 92.6 cm³/mol. The van der Waals surface area contributed by atoms with Crippen molar-refractivity contribution in [3.8, 4) is 5.69 Å². The minimum absolute atomic E-state index is 0.201. The van der Waals surface area contributed by atoms with E-state index in [-0.39, 0.29) is 12.2 Å². The van der Waals surface area contributed by atoms with Crippen LogP contribution < -0.4 is 0 Å². The summed E-state index contributed by atoms with van der Waals surface area (Å²) in [6.45, 7) is 4.42. The summed E-state index contributed by atoms with van der Waals surface area (Å²) >= 11 is 5.94. The Labute approximate surface area is 147 Å². The lowest BCUT2D eigenvalue weighted by atomic mass is 10.1. The zero-order chi connectivity index (χ0) is 16.4. The van der Waals surface area contributed by atoms with Crippen LogP contribution in [0.3, 0.4) is 0 Å². The fraction of sp³-hybridized carbons (Fsp3) is 0.500. The Hall–Kier alpha value is -1.40. The van der Waals surface area contributed by atoms with Crippen molar-refractivity contribution in [1.29, 1.82) is 0 Å². The Morgan fingerprint density at radius 2 is 1.96 bits per heavy atom. The van der Waals surface area contributed by atoms with E-state index < -0.39 is 0 Å². The Morgan fingerprint density at radius 1 is 1.12 bits per heavy atom. The maximum Gasteiger partial charge on any atom is 0.0963 e. The smallest absolute Gasteiger partial charge is 0.0963 e. The molecule has 0 radical (unpaired) electrons. The lowest BCUT2D eigenvalue weighted by Crippen LogP contribution is -2.47. The third-order valence-electron chi connectivity index (χ3n) is 4.69. The molecule has 2 aliphatic heterocycles. The summed E-state index contributed by atoms with van der Waals surface area (Å²) in [5.74, 6) is 0. The maximum absolute atomic E-state index is 5.94. The van der Waals surface area contributed by atoms with Crippen molar-refractivity contribution in [3.63, 3.8) is 0 Å². The largest absolute Gasteiger partial charge is 0.375 e. The summed E-state index contributed by atoms with van der Waals surface area (Å²) in [5, 5.41) is 5.20. The molecular weight excluding hydrogens is 326 g/mol. The van der Waals surface area contributed by atoms with Crippen molar-refractivity contribution in [2.75, 3.05) is 26.3 Å². The summed E-state index contributed by atoms with van der Waals surface area (Å²) in [7, 11) is 0. The molecule has 2 saturated heterocycles. The van der Waals surface area contributed by atoms with Crippen LogP contribution in [0.1, 0.15) is 18.4 Å². The molecule has 128 valence electrons. The second kappa shape index (κ2) is 7.23. The first-order valence-corrected chi connectivity index (χ1v) is 8.91. The number of morpholine rings is 1. The molecule has 6 heteroatoms. The summed E-state index contributed by atoms with van der Waals surface area (Å²) in [6, 6.07) is 7.71. The van der Waals surface area contributed by atoms with Crippen molar-refractivity contribution in [1.82, 2.24) is 14.7 Å². The first-order valence-electron chi connectivity index (χ1n) is 8.53. The average molecular weight is 348 g/mol. The van der Waals surface area contributed by atoms with Crippen LogP contribution in [-0.4, -0.2) is 53.2 Å². The summed E-state index contributed by atoms with van der Waals surface area (Å²) in [4.78, 5) is 2.43. The van der Waals surface area contributed by atoms with Gasteiger partial charge in [0.2, 0.25) is 0 Å². The van der Waals surface area contributed by atoms with Gasteiger partial charge in [-0.05, 0) is 37.1 Å². The molecule has 3 heterocycles. The SMILES string of the molecule is Clc1ccc(-n2cc(CN3CCO[C@@H]([C@H]4CCCO4)C3)cn2)cc1. The molecule has 2 aromatic rings. The second-order valence-electron chi connectivity index (χ2n) is 6.47. The van der Waals surface area contributed by atoms with Gasteiger partial charge in [-0.15, -0.1) is 0 Å². The fourth-order valence-corrected chi connectivity index (χ4v) is 3.56. The van der Waals surface area contributed by atoms with Gasteiger partial charge < -0.3 is 9.47 Å². The molecule has 2 aliphatic rings. The van der Waals surface area contributed by atoms with E-state index in [1.807, 2.05) is 35.1 Å². The van der Waals surface area contributed by atoms with Gasteiger partial charge in [-0.25, -0.2) is 4.68 Å². The van der Waals surface area contributed by atoms with E-state index in [9.17, 15) is 0 Å². The molecule has 0 bridgehead atoms. The van der Waals surface area contributed by atoms with Crippen LogP contribution in [0, 0.1) is 0 Å². The van der Waals surface area contributed by atoms with Gasteiger partial charge in [-0.3, -0.25) is 4.90 Å². The standard InChI is InChI=1S/C18H22ClN3O2/c19-15-3-5-16(6-4-15)22-12-14(10-20-22)11-21-7-9-24-18(13-21)17-2-1-8-23-17/h3-6,10,12,17-18H,1-2,7-9,11,13H2/t17-,18-/m1/s1. The summed E-state index contributed by atoms with van der Waals surface area (Å²) in [6.07, 6.45) is 6.76. The molecule has 0 spiro atoms. The first-order chi connectivity index (χ1) is 11.8. The monoisotopic (exact) mass is 347 g/mol. The van der Waals surface area contributed by atoms with E-state index in [1.165, 1.54) is 5.56 Å². The zero-order valence-electron chi connectivity index (χ0n) is 13.6. The zero-order valence-corrected chi connectivity index (χ0v) is 14.4. The van der Waals surface area contributed by atoms with Crippen LogP contribution in [0.2, 0.25) is 5.02 Å². The van der Waals surface area contributed by atoms with Crippen LogP contribution in [-0.2, 0) is 16.0 Å². The molecule has 0 aliphatic carbocycles. The minimum atomic E-state index is 0.201. The number of benzene rings is 1. The van der Waals surface area contributed by atoms with E-state index in [1.54, 1.807) is 0 Å². The molecule has 0 saturated carbocycles. The molecular formula is C18H22ClN3O2. The van der Waals surface area contributed by atoms with Gasteiger partial charge >= 0.3 is 0 Å². The van der Waals surface area contributed by atoms with E-state index in [2.05, 4.69) is 16.2 Å². The number of nitrogens with zero attached hydrogens (tertiary/aromatic N) is 3. The van der Waals surface area contributed by atoms with Crippen molar-refractivity contribution >= 4 is 11.6 Å². The third kappa shape index (κ3) is 3.64. The minimum Gasteiger partial charge on any atom is -0.375 e. The number of rotatable bonds is 4. The molecule has 1 aromatic carbocycles. The molecule has 0 amide bonds. The summed E-state index contributed by atoms with van der Waals surface area (Å²) < 4.78 is 13.6. The highest BCUT2D eigenvalue weighted by Crippen LogP contribution is 2.22. The van der Waals surface area contributed by atoms with Gasteiger partial charge in [0, 0.05) is 43.0 Å². The molecule has 1 aromatic heterocycles. The van der Waals surface area contributed by atoms with Gasteiger partial charge in [0.05, 0.1) is 30.7 Å². The first kappa shape index (κ1) is 16.1. The lowest BCUT2D eigenvalue weighted by molar-refractivity contribution is -0.0959. The number of aromatic nitrogens is 2. The number of halogens is 1. The van der Waals surface area contributed by atoms with Crippen molar-refractivity contribution in [2.45, 2.75) is 31.6 Å². The average Bonchev–Trinajstić information content (AvgIpc) is 3.28. The van der Waals surface area contributed by atoms with E-state index in [4.69, 9.17) is 21.1 Å². The van der Waals surface area contributed by atoms with E-state index in [0.717, 1.165) is 56.4 Å². The molecule has 2 atom stereocenters. The number of ether oxygens (including phenoxy) is 2. The Morgan fingerprint density at radius 3 is 2.75 bits per heavy atom. The predicted octanol–water partition coefficient (Wildman–Crippen LogP) is 2.91. The number of hydrogen-bond acceptors (Lipinski definition) is 4. The van der Waals surface area contributed by atoms with Crippen molar-refractivity contribution in [3.05, 3.63) is 47.2 Å². The van der Waals surface area contributed by atoms with Crippen LogP contribution in [0.4, 0.5) is 0 Å². The highest BCUT2D eigenvalue weighted by atomic mass is 35.5. The highest BCUT2D eigenvalue weighted by Gasteiger charge is 2.31. The van der Waals surface area contributed by atoms with Gasteiger partial charge in [0.15, 0.2) is 0 Å². The maximum atomic E-state index is 5.94. The van der Waals surface area contributed by atoms with Crippen LogP contribution in [0.5, 0.6) is 0 Å². The molecule has 0 unspecified atom stereocenters. The van der Waals surface area contributed by atoms with Gasteiger partial charge in [0.1, 0.15) is 0 Å². The quantitative estimate of drug-likeness (QED) is 0.852. The number of hydrogen-bond donors (Lipinski definition) is 0. The lowest BCUT2D eigenvalue weighted by Gasteiger charge is -2.35. The highest BCUT2D eigenvalue weighted by molar-refractivity contribution is 6.30. The molecule has 5 nitrogen and oxygen atoms in total. The van der Waals surface area contributed by atoms with Gasteiger partial charge in [-0.2, -0.15) is 5.10 Å². The van der Waals surface area contributed by atoms with Crippen molar-refractivity contribution < 1.29 is 9.47 Å². The molecule has 4 rings (SSSR count). The Balaban J connectivity index is 1.39. The van der Waals surface area contributed by atoms with E-state index >= 15 is 0 Å². The van der Waals surface area contributed by atoms with Crippen molar-refractivity contribution in [2.24, 2.45) is 0 Å². The van der Waals surface area contributed by atoms with Crippen LogP contribution in [0.15, 0.2) is 36.7 Å². The Bertz CT molecular complexity index is 667. The molecule has 24 heavy (non-hydrogen) atoms. The van der Waals surface area contributed by atoms with Gasteiger partial charge in [-0.1, -0.05) is 11.6 Å². The second-order valence-corrected chi connectivity index (χ2v) is 6.90. The topological polar surface area (TPSA) is 39.5 Å². The Kier molecular flexibility index (Phi) is 4.85. The molecule has 2 fully saturated rings. The van der Waals surface area contributed by atoms with E-state index in [0.29, 0.717) is 0 Å². The summed E-state index contributed by atoms with van der Waals surface area (Å²) in [5.41, 5.74) is 2.22. The third-order valence-corrected chi connectivity index (χ3v) is 4.94. The van der Waals surface area contributed by atoms with Crippen LogP contribution in [0.25, 0.3) is 5.69 Å².